The number of imidazole rings is 1. The average Bonchev–Trinajstić information content (AvgIpc) is 2.70. The second-order valence-electron chi connectivity index (χ2n) is 4.12. The molecule has 2 rings (SSSR count). The molecule has 0 aliphatic carbocycles. The van der Waals surface area contributed by atoms with Crippen molar-refractivity contribution in [1.82, 2.24) is 9.55 Å². The standard InChI is InChI=1S/C13H15ClFN3O/c1-9-8-18(13(17-9)16-3-4-19-2)12-6-10(14)5-11(15)7-12/h5-8H,3-4H2,1-2H3,(H,16,17). The van der Waals surface area contributed by atoms with Crippen LogP contribution in [0.4, 0.5) is 10.3 Å². The minimum Gasteiger partial charge on any atom is -0.383 e. The van der Waals surface area contributed by atoms with E-state index in [9.17, 15) is 4.39 Å². The molecule has 0 radical (unpaired) electrons. The van der Waals surface area contributed by atoms with Crippen LogP contribution in [0.5, 0.6) is 0 Å². The Bertz CT molecular complexity index is 551. The van der Waals surface area contributed by atoms with Gasteiger partial charge in [-0.05, 0) is 25.1 Å². The highest BCUT2D eigenvalue weighted by molar-refractivity contribution is 6.30. The molecule has 0 amide bonds. The Hall–Kier alpha value is -1.59. The summed E-state index contributed by atoms with van der Waals surface area (Å²) in [6.07, 6.45) is 1.82. The van der Waals surface area contributed by atoms with Crippen molar-refractivity contribution in [1.29, 1.82) is 0 Å². The number of nitrogens with one attached hydrogen (secondary N) is 1. The molecule has 0 bridgehead atoms. The third kappa shape index (κ3) is 3.45. The van der Waals surface area contributed by atoms with E-state index in [0.717, 1.165) is 5.69 Å². The van der Waals surface area contributed by atoms with E-state index in [-0.39, 0.29) is 5.82 Å². The van der Waals surface area contributed by atoms with Crippen molar-refractivity contribution in [2.45, 2.75) is 6.92 Å². The lowest BCUT2D eigenvalue weighted by atomic mass is 10.3. The van der Waals surface area contributed by atoms with Crippen molar-refractivity contribution in [3.05, 3.63) is 40.9 Å². The van der Waals surface area contributed by atoms with Gasteiger partial charge >= 0.3 is 0 Å². The number of benzene rings is 1. The van der Waals surface area contributed by atoms with Crippen LogP contribution in [0.1, 0.15) is 5.69 Å². The van der Waals surface area contributed by atoms with E-state index >= 15 is 0 Å². The SMILES string of the molecule is COCCNc1nc(C)cn1-c1cc(F)cc(Cl)c1. The highest BCUT2D eigenvalue weighted by Crippen LogP contribution is 2.21. The zero-order valence-electron chi connectivity index (χ0n) is 10.8. The molecule has 0 saturated heterocycles. The lowest BCUT2D eigenvalue weighted by molar-refractivity contribution is 0.210. The van der Waals surface area contributed by atoms with Crippen molar-refractivity contribution in [3.8, 4) is 5.69 Å². The first kappa shape index (κ1) is 13.8. The van der Waals surface area contributed by atoms with Gasteiger partial charge in [0.05, 0.1) is 18.0 Å². The normalized spacial score (nSPS) is 10.7. The zero-order valence-corrected chi connectivity index (χ0v) is 11.5. The molecular weight excluding hydrogens is 269 g/mol. The lowest BCUT2D eigenvalue weighted by Crippen LogP contribution is -2.11. The van der Waals surface area contributed by atoms with E-state index in [2.05, 4.69) is 10.3 Å². The maximum atomic E-state index is 13.4. The molecule has 0 aliphatic heterocycles. The largest absolute Gasteiger partial charge is 0.383 e. The van der Waals surface area contributed by atoms with Crippen molar-refractivity contribution in [3.63, 3.8) is 0 Å². The molecule has 1 aromatic carbocycles. The molecule has 0 saturated carbocycles. The highest BCUT2D eigenvalue weighted by Gasteiger charge is 2.09. The number of ether oxygens (including phenoxy) is 1. The number of methoxy groups -OCH3 is 1. The van der Waals surface area contributed by atoms with Crippen LogP contribution in [0.2, 0.25) is 5.02 Å². The second kappa shape index (κ2) is 6.04. The molecule has 1 N–H and O–H groups in total. The van der Waals surface area contributed by atoms with E-state index in [0.29, 0.717) is 29.8 Å². The number of aryl methyl sites for hydroxylation is 1. The summed E-state index contributed by atoms with van der Waals surface area (Å²) in [6.45, 7) is 3.06. The Morgan fingerprint density at radius 2 is 2.21 bits per heavy atom. The van der Waals surface area contributed by atoms with Crippen LogP contribution in [-0.4, -0.2) is 29.8 Å². The van der Waals surface area contributed by atoms with Crippen LogP contribution in [0, 0.1) is 12.7 Å². The first-order valence-electron chi connectivity index (χ1n) is 5.85. The van der Waals surface area contributed by atoms with Gasteiger partial charge in [-0.3, -0.25) is 4.57 Å². The van der Waals surface area contributed by atoms with Gasteiger partial charge in [0, 0.05) is 24.9 Å². The van der Waals surface area contributed by atoms with Crippen LogP contribution in [0.25, 0.3) is 5.69 Å². The van der Waals surface area contributed by atoms with Crippen LogP contribution in [-0.2, 0) is 4.74 Å². The molecule has 0 atom stereocenters. The van der Waals surface area contributed by atoms with E-state index in [1.807, 2.05) is 13.1 Å². The molecule has 0 aliphatic rings. The van der Waals surface area contributed by atoms with Crippen LogP contribution in [0.15, 0.2) is 24.4 Å². The maximum Gasteiger partial charge on any atom is 0.207 e. The van der Waals surface area contributed by atoms with E-state index in [1.54, 1.807) is 17.7 Å². The number of hydrogen-bond donors (Lipinski definition) is 1. The molecule has 0 spiro atoms. The van der Waals surface area contributed by atoms with Crippen molar-refractivity contribution in [2.24, 2.45) is 0 Å². The Labute approximate surface area is 116 Å². The molecule has 0 fully saturated rings. The smallest absolute Gasteiger partial charge is 0.207 e. The predicted molar refractivity (Wildman–Crippen MR) is 73.6 cm³/mol. The third-order valence-electron chi connectivity index (χ3n) is 2.54. The topological polar surface area (TPSA) is 39.1 Å². The van der Waals surface area contributed by atoms with Gasteiger partial charge in [-0.1, -0.05) is 11.6 Å². The molecule has 6 heteroatoms. The number of rotatable bonds is 5. The summed E-state index contributed by atoms with van der Waals surface area (Å²) in [5, 5.41) is 3.48. The molecular formula is C13H15ClFN3O. The Kier molecular flexibility index (Phi) is 4.39. The average molecular weight is 284 g/mol. The summed E-state index contributed by atoms with van der Waals surface area (Å²) in [4.78, 5) is 4.35. The van der Waals surface area contributed by atoms with Crippen molar-refractivity contribution < 1.29 is 9.13 Å². The lowest BCUT2D eigenvalue weighted by Gasteiger charge is -2.10. The summed E-state index contributed by atoms with van der Waals surface area (Å²) >= 11 is 5.87. The fourth-order valence-corrected chi connectivity index (χ4v) is 1.98. The van der Waals surface area contributed by atoms with Gasteiger partial charge < -0.3 is 10.1 Å². The minimum atomic E-state index is -0.378. The van der Waals surface area contributed by atoms with Crippen LogP contribution < -0.4 is 5.32 Å². The first-order chi connectivity index (χ1) is 9.10. The van der Waals surface area contributed by atoms with Gasteiger partial charge in [0.1, 0.15) is 5.82 Å². The minimum absolute atomic E-state index is 0.351. The van der Waals surface area contributed by atoms with E-state index in [1.165, 1.54) is 12.1 Å². The Morgan fingerprint density at radius 3 is 2.89 bits per heavy atom. The number of hydrogen-bond acceptors (Lipinski definition) is 3. The molecule has 102 valence electrons. The summed E-state index contributed by atoms with van der Waals surface area (Å²) in [5.74, 6) is 0.257. The Balaban J connectivity index is 2.32. The number of aromatic nitrogens is 2. The van der Waals surface area contributed by atoms with E-state index in [4.69, 9.17) is 16.3 Å². The summed E-state index contributed by atoms with van der Waals surface area (Å²) in [6, 6.07) is 4.37. The van der Waals surface area contributed by atoms with Gasteiger partial charge in [0.25, 0.3) is 0 Å². The number of nitrogens with zero attached hydrogens (tertiary/aromatic N) is 2. The van der Waals surface area contributed by atoms with Gasteiger partial charge in [0.15, 0.2) is 0 Å². The number of halogens is 2. The summed E-state index contributed by atoms with van der Waals surface area (Å²) < 4.78 is 20.1. The van der Waals surface area contributed by atoms with Gasteiger partial charge in [-0.25, -0.2) is 9.37 Å². The fraction of sp³-hybridized carbons (Fsp3) is 0.308. The molecule has 1 aromatic heterocycles. The second-order valence-corrected chi connectivity index (χ2v) is 4.56. The highest BCUT2D eigenvalue weighted by atomic mass is 35.5. The fourth-order valence-electron chi connectivity index (χ4n) is 1.76. The molecule has 1 heterocycles. The third-order valence-corrected chi connectivity index (χ3v) is 2.76. The molecule has 19 heavy (non-hydrogen) atoms. The van der Waals surface area contributed by atoms with Gasteiger partial charge in [-0.15, -0.1) is 0 Å². The first-order valence-corrected chi connectivity index (χ1v) is 6.23. The molecule has 2 aromatic rings. The molecule has 4 nitrogen and oxygen atoms in total. The van der Waals surface area contributed by atoms with Crippen molar-refractivity contribution in [2.75, 3.05) is 25.6 Å². The zero-order chi connectivity index (χ0) is 13.8. The predicted octanol–water partition coefficient (Wildman–Crippen LogP) is 3.03. The van der Waals surface area contributed by atoms with Crippen molar-refractivity contribution >= 4 is 17.5 Å². The summed E-state index contributed by atoms with van der Waals surface area (Å²) in [5.41, 5.74) is 1.46. The van der Waals surface area contributed by atoms with E-state index < -0.39 is 0 Å². The molecule has 0 unspecified atom stereocenters. The van der Waals surface area contributed by atoms with Gasteiger partial charge in [0.2, 0.25) is 5.95 Å². The maximum absolute atomic E-state index is 13.4. The Morgan fingerprint density at radius 1 is 1.42 bits per heavy atom. The van der Waals surface area contributed by atoms with Crippen LogP contribution in [0.3, 0.4) is 0 Å². The summed E-state index contributed by atoms with van der Waals surface area (Å²) in [7, 11) is 1.63. The quantitative estimate of drug-likeness (QED) is 0.857. The number of anilines is 1. The monoisotopic (exact) mass is 283 g/mol. The van der Waals surface area contributed by atoms with Gasteiger partial charge in [-0.2, -0.15) is 0 Å². The van der Waals surface area contributed by atoms with Crippen LogP contribution >= 0.6 is 11.6 Å².